The SMILES string of the molecule is CC(C)(C)[Si](C)(C)Oc1ccc2c(c1)CC[C@@H]1[C@@H]2CC[C@@]2(C)[C@H]1CC[C@@]2(O)C#N. The van der Waals surface area contributed by atoms with Crippen LogP contribution in [0.15, 0.2) is 18.2 Å². The molecule has 0 saturated heterocycles. The van der Waals surface area contributed by atoms with Gasteiger partial charge in [0, 0.05) is 5.41 Å². The lowest BCUT2D eigenvalue weighted by Gasteiger charge is -2.51. The quantitative estimate of drug-likeness (QED) is 0.467. The number of nitriles is 1. The van der Waals surface area contributed by atoms with Gasteiger partial charge in [0.15, 0.2) is 5.60 Å². The fourth-order valence-corrected chi connectivity index (χ4v) is 7.29. The summed E-state index contributed by atoms with van der Waals surface area (Å²) in [5.74, 6) is 2.66. The Kier molecular flexibility index (Phi) is 4.76. The van der Waals surface area contributed by atoms with E-state index >= 15 is 0 Å². The first kappa shape index (κ1) is 20.9. The van der Waals surface area contributed by atoms with E-state index in [2.05, 4.69) is 65.1 Å². The van der Waals surface area contributed by atoms with Crippen LogP contribution in [0.1, 0.15) is 76.8 Å². The Morgan fingerprint density at radius 2 is 1.90 bits per heavy atom. The molecule has 2 fully saturated rings. The normalized spacial score (nSPS) is 36.6. The highest BCUT2D eigenvalue weighted by Crippen LogP contribution is 2.64. The van der Waals surface area contributed by atoms with Gasteiger partial charge in [-0.05, 0) is 97.7 Å². The van der Waals surface area contributed by atoms with Gasteiger partial charge in [0.25, 0.3) is 0 Å². The summed E-state index contributed by atoms with van der Waals surface area (Å²) in [7, 11) is -1.83. The molecule has 1 N–H and O–H groups in total. The van der Waals surface area contributed by atoms with Crippen molar-refractivity contribution in [3.8, 4) is 11.8 Å². The zero-order valence-corrected chi connectivity index (χ0v) is 20.0. The molecule has 0 unspecified atom stereocenters. The Balaban J connectivity index is 1.60. The number of aliphatic hydroxyl groups is 1. The summed E-state index contributed by atoms with van der Waals surface area (Å²) in [4.78, 5) is 0. The van der Waals surface area contributed by atoms with Gasteiger partial charge in [-0.15, -0.1) is 0 Å². The van der Waals surface area contributed by atoms with Crippen LogP contribution in [-0.2, 0) is 6.42 Å². The van der Waals surface area contributed by atoms with Crippen LogP contribution in [0.4, 0.5) is 0 Å². The molecule has 158 valence electrons. The molecular weight excluding hydrogens is 374 g/mol. The summed E-state index contributed by atoms with van der Waals surface area (Å²) in [5, 5.41) is 20.8. The van der Waals surface area contributed by atoms with Gasteiger partial charge in [0.05, 0.1) is 6.07 Å². The summed E-state index contributed by atoms with van der Waals surface area (Å²) >= 11 is 0. The number of hydrogen-bond acceptors (Lipinski definition) is 3. The first-order valence-electron chi connectivity index (χ1n) is 11.4. The molecule has 1 aromatic carbocycles. The maximum atomic E-state index is 11.0. The minimum Gasteiger partial charge on any atom is -0.543 e. The summed E-state index contributed by atoms with van der Waals surface area (Å²) < 4.78 is 6.57. The van der Waals surface area contributed by atoms with E-state index in [4.69, 9.17) is 4.43 Å². The van der Waals surface area contributed by atoms with Gasteiger partial charge in [0.2, 0.25) is 8.32 Å². The van der Waals surface area contributed by atoms with Gasteiger partial charge in [-0.25, -0.2) is 0 Å². The second-order valence-electron chi connectivity index (χ2n) is 11.6. The van der Waals surface area contributed by atoms with E-state index < -0.39 is 13.9 Å². The smallest absolute Gasteiger partial charge is 0.250 e. The average molecular weight is 412 g/mol. The van der Waals surface area contributed by atoms with Gasteiger partial charge in [-0.3, -0.25) is 0 Å². The fraction of sp³-hybridized carbons (Fsp3) is 0.720. The average Bonchev–Trinajstić information content (AvgIpc) is 2.92. The number of hydrogen-bond donors (Lipinski definition) is 1. The molecule has 0 amide bonds. The molecule has 0 spiro atoms. The zero-order chi connectivity index (χ0) is 21.2. The standard InChI is InChI=1S/C25H37NO2Si/c1-23(2,3)29(5,6)28-18-8-10-19-17(15-18)7-9-21-20(19)11-13-24(4)22(21)12-14-25(24,27)16-26/h8,10,15,20-22,27H,7,9,11-14H2,1-6H3/t20-,21-,22+,24+,25-/m1/s1. The van der Waals surface area contributed by atoms with Gasteiger partial charge in [-0.1, -0.05) is 33.8 Å². The number of rotatable bonds is 2. The Morgan fingerprint density at radius 3 is 2.55 bits per heavy atom. The lowest BCUT2D eigenvalue weighted by Crippen LogP contribution is -2.50. The molecule has 5 atom stereocenters. The molecule has 2 saturated carbocycles. The highest BCUT2D eigenvalue weighted by molar-refractivity contribution is 6.74. The van der Waals surface area contributed by atoms with Gasteiger partial charge < -0.3 is 9.53 Å². The fourth-order valence-electron chi connectivity index (χ4n) is 6.27. The molecule has 4 rings (SSSR count). The van der Waals surface area contributed by atoms with Crippen molar-refractivity contribution < 1.29 is 9.53 Å². The van der Waals surface area contributed by atoms with E-state index in [0.717, 1.165) is 31.4 Å². The largest absolute Gasteiger partial charge is 0.543 e. The van der Waals surface area contributed by atoms with Crippen molar-refractivity contribution >= 4 is 8.32 Å². The summed E-state index contributed by atoms with van der Waals surface area (Å²) in [6.45, 7) is 13.6. The third-order valence-corrected chi connectivity index (χ3v) is 13.6. The maximum Gasteiger partial charge on any atom is 0.250 e. The minimum absolute atomic E-state index is 0.196. The van der Waals surface area contributed by atoms with Crippen molar-refractivity contribution in [3.63, 3.8) is 0 Å². The summed E-state index contributed by atoms with van der Waals surface area (Å²) in [6.07, 6.45) is 5.91. The predicted molar refractivity (Wildman–Crippen MR) is 119 cm³/mol. The predicted octanol–water partition coefficient (Wildman–Crippen LogP) is 6.18. The molecule has 0 aromatic heterocycles. The van der Waals surface area contributed by atoms with Crippen molar-refractivity contribution in [1.82, 2.24) is 0 Å². The molecule has 0 bridgehead atoms. The van der Waals surface area contributed by atoms with Gasteiger partial charge in [-0.2, -0.15) is 5.26 Å². The van der Waals surface area contributed by atoms with E-state index in [1.165, 1.54) is 17.5 Å². The minimum atomic E-state index is -1.83. The van der Waals surface area contributed by atoms with Crippen molar-refractivity contribution in [2.75, 3.05) is 0 Å². The van der Waals surface area contributed by atoms with Crippen molar-refractivity contribution in [2.45, 2.75) is 95.9 Å². The van der Waals surface area contributed by atoms with Crippen LogP contribution in [0, 0.1) is 28.6 Å². The first-order valence-corrected chi connectivity index (χ1v) is 14.3. The van der Waals surface area contributed by atoms with Crippen molar-refractivity contribution in [3.05, 3.63) is 29.3 Å². The molecule has 3 aliphatic carbocycles. The third-order valence-electron chi connectivity index (χ3n) is 9.21. The molecule has 0 radical (unpaired) electrons. The molecular formula is C25H37NO2Si. The Labute approximate surface area is 177 Å². The number of aryl methyl sites for hydroxylation is 1. The number of fused-ring (bicyclic) bond motifs is 5. The van der Waals surface area contributed by atoms with Crippen LogP contribution < -0.4 is 4.43 Å². The highest BCUT2D eigenvalue weighted by atomic mass is 28.4. The van der Waals surface area contributed by atoms with Crippen LogP contribution in [0.2, 0.25) is 18.1 Å². The van der Waals surface area contributed by atoms with E-state index in [9.17, 15) is 10.4 Å². The third kappa shape index (κ3) is 3.08. The summed E-state index contributed by atoms with van der Waals surface area (Å²) in [5.41, 5.74) is 1.58. The lowest BCUT2D eigenvalue weighted by atomic mass is 9.53. The van der Waals surface area contributed by atoms with Crippen LogP contribution in [0.3, 0.4) is 0 Å². The van der Waals surface area contributed by atoms with Gasteiger partial charge in [0.1, 0.15) is 5.75 Å². The molecule has 29 heavy (non-hydrogen) atoms. The van der Waals surface area contributed by atoms with Gasteiger partial charge >= 0.3 is 0 Å². The van der Waals surface area contributed by atoms with Crippen LogP contribution in [0.25, 0.3) is 0 Å². The topological polar surface area (TPSA) is 53.2 Å². The van der Waals surface area contributed by atoms with Crippen LogP contribution in [0.5, 0.6) is 5.75 Å². The van der Waals surface area contributed by atoms with Crippen LogP contribution >= 0.6 is 0 Å². The molecule has 3 nitrogen and oxygen atoms in total. The lowest BCUT2D eigenvalue weighted by molar-refractivity contribution is -0.0660. The Bertz CT molecular complexity index is 851. The Morgan fingerprint density at radius 1 is 1.17 bits per heavy atom. The van der Waals surface area contributed by atoms with E-state index in [-0.39, 0.29) is 10.5 Å². The molecule has 0 heterocycles. The Hall–Kier alpha value is -1.31. The molecule has 0 aliphatic heterocycles. The second-order valence-corrected chi connectivity index (χ2v) is 16.3. The first-order chi connectivity index (χ1) is 13.4. The number of benzene rings is 1. The molecule has 3 aliphatic rings. The monoisotopic (exact) mass is 411 g/mol. The second kappa shape index (κ2) is 6.59. The van der Waals surface area contributed by atoms with E-state index in [0.29, 0.717) is 24.2 Å². The van der Waals surface area contributed by atoms with E-state index in [1.807, 2.05) is 0 Å². The van der Waals surface area contributed by atoms with Crippen molar-refractivity contribution in [1.29, 1.82) is 5.26 Å². The summed E-state index contributed by atoms with van der Waals surface area (Å²) in [6, 6.07) is 9.10. The highest BCUT2D eigenvalue weighted by Gasteiger charge is 2.62. The number of nitrogens with zero attached hydrogens (tertiary/aromatic N) is 1. The maximum absolute atomic E-state index is 11.0. The molecule has 1 aromatic rings. The molecule has 4 heteroatoms. The van der Waals surface area contributed by atoms with Crippen molar-refractivity contribution in [2.24, 2.45) is 17.3 Å². The van der Waals surface area contributed by atoms with E-state index in [1.54, 1.807) is 0 Å². The zero-order valence-electron chi connectivity index (χ0n) is 19.0. The van der Waals surface area contributed by atoms with Crippen LogP contribution in [-0.4, -0.2) is 19.0 Å².